The summed E-state index contributed by atoms with van der Waals surface area (Å²) in [6, 6.07) is 8.52. The molecule has 2 aromatic carbocycles. The smallest absolute Gasteiger partial charge is 0.259 e. The molecule has 1 aliphatic rings. The molecular formula is C18H19NO6. The van der Waals surface area contributed by atoms with Crippen molar-refractivity contribution in [3.63, 3.8) is 0 Å². The Balaban J connectivity index is 1.91. The number of nitrogens with one attached hydrogen (secondary N) is 1. The molecule has 0 spiro atoms. The molecule has 0 saturated carbocycles. The lowest BCUT2D eigenvalue weighted by atomic mass is 10.1. The van der Waals surface area contributed by atoms with Gasteiger partial charge >= 0.3 is 0 Å². The van der Waals surface area contributed by atoms with Gasteiger partial charge in [0.15, 0.2) is 23.0 Å². The first-order valence-corrected chi connectivity index (χ1v) is 7.68. The summed E-state index contributed by atoms with van der Waals surface area (Å²) in [6.07, 6.45) is 0. The van der Waals surface area contributed by atoms with Gasteiger partial charge in [0.25, 0.3) is 5.91 Å². The third-order valence-corrected chi connectivity index (χ3v) is 3.73. The van der Waals surface area contributed by atoms with E-state index in [1.165, 1.54) is 21.3 Å². The molecular weight excluding hydrogens is 326 g/mol. The summed E-state index contributed by atoms with van der Waals surface area (Å²) in [5.74, 6) is 2.04. The average Bonchev–Trinajstić information content (AvgIpc) is 2.66. The van der Waals surface area contributed by atoms with Crippen LogP contribution in [0, 0.1) is 0 Å². The number of hydrogen-bond acceptors (Lipinski definition) is 6. The number of rotatable bonds is 5. The van der Waals surface area contributed by atoms with Crippen LogP contribution in [0.3, 0.4) is 0 Å². The van der Waals surface area contributed by atoms with E-state index in [0.29, 0.717) is 53.2 Å². The lowest BCUT2D eigenvalue weighted by Gasteiger charge is -2.20. The topological polar surface area (TPSA) is 75.3 Å². The highest BCUT2D eigenvalue weighted by Crippen LogP contribution is 2.40. The zero-order chi connectivity index (χ0) is 17.8. The molecule has 7 nitrogen and oxygen atoms in total. The third-order valence-electron chi connectivity index (χ3n) is 3.73. The van der Waals surface area contributed by atoms with Crippen LogP contribution in [0.1, 0.15) is 10.4 Å². The first kappa shape index (κ1) is 16.8. The second-order valence-corrected chi connectivity index (χ2v) is 5.20. The SMILES string of the molecule is COc1cc(NC(=O)c2cccc3c2OCCO3)cc(OC)c1OC. The third kappa shape index (κ3) is 3.26. The van der Waals surface area contributed by atoms with E-state index in [9.17, 15) is 4.79 Å². The van der Waals surface area contributed by atoms with Crippen molar-refractivity contribution in [2.75, 3.05) is 39.9 Å². The van der Waals surface area contributed by atoms with Crippen LogP contribution < -0.4 is 29.0 Å². The van der Waals surface area contributed by atoms with E-state index >= 15 is 0 Å². The Labute approximate surface area is 145 Å². The molecule has 1 N–H and O–H groups in total. The molecule has 0 bridgehead atoms. The van der Waals surface area contributed by atoms with Crippen LogP contribution in [0.25, 0.3) is 0 Å². The monoisotopic (exact) mass is 345 g/mol. The van der Waals surface area contributed by atoms with Crippen molar-refractivity contribution in [3.8, 4) is 28.7 Å². The molecule has 0 fully saturated rings. The van der Waals surface area contributed by atoms with E-state index in [2.05, 4.69) is 5.32 Å². The Morgan fingerprint density at radius 2 is 1.68 bits per heavy atom. The minimum atomic E-state index is -0.323. The van der Waals surface area contributed by atoms with Crippen LogP contribution in [0.15, 0.2) is 30.3 Å². The summed E-state index contributed by atoms with van der Waals surface area (Å²) < 4.78 is 27.0. The fraction of sp³-hybridized carbons (Fsp3) is 0.278. The summed E-state index contributed by atoms with van der Waals surface area (Å²) in [7, 11) is 4.55. The van der Waals surface area contributed by atoms with E-state index in [0.717, 1.165) is 0 Å². The standard InChI is InChI=1S/C18H19NO6/c1-21-14-9-11(10-15(22-2)17(14)23-3)19-18(20)12-5-4-6-13-16(12)25-8-7-24-13/h4-6,9-10H,7-8H2,1-3H3,(H,19,20). The van der Waals surface area contributed by atoms with Crippen LogP contribution in [-0.4, -0.2) is 40.5 Å². The van der Waals surface area contributed by atoms with Crippen molar-refractivity contribution in [2.45, 2.75) is 0 Å². The Kier molecular flexibility index (Phi) is 4.83. The number of benzene rings is 2. The summed E-state index contributed by atoms with van der Waals surface area (Å²) >= 11 is 0. The van der Waals surface area contributed by atoms with Crippen molar-refractivity contribution in [3.05, 3.63) is 35.9 Å². The first-order chi connectivity index (χ1) is 12.2. The minimum absolute atomic E-state index is 0.323. The number of amides is 1. The fourth-order valence-electron chi connectivity index (χ4n) is 2.60. The van der Waals surface area contributed by atoms with Crippen LogP contribution >= 0.6 is 0 Å². The zero-order valence-corrected chi connectivity index (χ0v) is 14.3. The normalized spacial score (nSPS) is 12.3. The maximum Gasteiger partial charge on any atom is 0.259 e. The van der Waals surface area contributed by atoms with Crippen molar-refractivity contribution in [1.82, 2.24) is 0 Å². The van der Waals surface area contributed by atoms with E-state index in [-0.39, 0.29) is 5.91 Å². The lowest BCUT2D eigenvalue weighted by Crippen LogP contribution is -2.20. The maximum atomic E-state index is 12.7. The molecule has 0 unspecified atom stereocenters. The van der Waals surface area contributed by atoms with Crippen molar-refractivity contribution in [2.24, 2.45) is 0 Å². The highest BCUT2D eigenvalue weighted by atomic mass is 16.6. The summed E-state index contributed by atoms with van der Waals surface area (Å²) in [5.41, 5.74) is 0.903. The minimum Gasteiger partial charge on any atom is -0.493 e. The predicted octanol–water partition coefficient (Wildman–Crippen LogP) is 2.74. The molecule has 132 valence electrons. The number of ether oxygens (including phenoxy) is 5. The second-order valence-electron chi connectivity index (χ2n) is 5.20. The highest BCUT2D eigenvalue weighted by Gasteiger charge is 2.21. The second kappa shape index (κ2) is 7.21. The average molecular weight is 345 g/mol. The highest BCUT2D eigenvalue weighted by molar-refractivity contribution is 6.07. The van der Waals surface area contributed by atoms with E-state index in [1.807, 2.05) is 0 Å². The van der Waals surface area contributed by atoms with Gasteiger partial charge in [-0.25, -0.2) is 0 Å². The van der Waals surface area contributed by atoms with Crippen LogP contribution in [0.2, 0.25) is 0 Å². The van der Waals surface area contributed by atoms with Gasteiger partial charge in [-0.15, -0.1) is 0 Å². The fourth-order valence-corrected chi connectivity index (χ4v) is 2.60. The van der Waals surface area contributed by atoms with E-state index in [4.69, 9.17) is 23.7 Å². The first-order valence-electron chi connectivity index (χ1n) is 7.68. The molecule has 2 aromatic rings. The summed E-state index contributed by atoms with van der Waals surface area (Å²) in [6.45, 7) is 0.867. The molecule has 0 aliphatic carbocycles. The molecule has 0 aromatic heterocycles. The van der Waals surface area contributed by atoms with Crippen LogP contribution in [0.5, 0.6) is 28.7 Å². The number of anilines is 1. The van der Waals surface area contributed by atoms with Crippen molar-refractivity contribution in [1.29, 1.82) is 0 Å². The number of para-hydroxylation sites is 1. The van der Waals surface area contributed by atoms with Gasteiger partial charge in [0.2, 0.25) is 5.75 Å². The molecule has 0 atom stereocenters. The maximum absolute atomic E-state index is 12.7. The van der Waals surface area contributed by atoms with Gasteiger partial charge in [0, 0.05) is 17.8 Å². The number of carbonyl (C=O) groups is 1. The predicted molar refractivity (Wildman–Crippen MR) is 91.5 cm³/mol. The van der Waals surface area contributed by atoms with Gasteiger partial charge in [-0.1, -0.05) is 6.07 Å². The van der Waals surface area contributed by atoms with Crippen LogP contribution in [-0.2, 0) is 0 Å². The molecule has 1 aliphatic heterocycles. The molecule has 1 amide bonds. The van der Waals surface area contributed by atoms with Gasteiger partial charge in [-0.2, -0.15) is 0 Å². The van der Waals surface area contributed by atoms with Crippen LogP contribution in [0.4, 0.5) is 5.69 Å². The van der Waals surface area contributed by atoms with Gasteiger partial charge in [0.05, 0.1) is 26.9 Å². The number of fused-ring (bicyclic) bond motifs is 1. The Hall–Kier alpha value is -3.09. The largest absolute Gasteiger partial charge is 0.493 e. The molecule has 0 radical (unpaired) electrons. The zero-order valence-electron chi connectivity index (χ0n) is 14.3. The molecule has 7 heteroatoms. The molecule has 25 heavy (non-hydrogen) atoms. The number of hydrogen-bond donors (Lipinski definition) is 1. The number of carbonyl (C=O) groups excluding carboxylic acids is 1. The van der Waals surface area contributed by atoms with E-state index < -0.39 is 0 Å². The van der Waals surface area contributed by atoms with Gasteiger partial charge in [-0.05, 0) is 12.1 Å². The summed E-state index contributed by atoms with van der Waals surface area (Å²) in [5, 5.41) is 2.82. The van der Waals surface area contributed by atoms with Crippen molar-refractivity contribution < 1.29 is 28.5 Å². The van der Waals surface area contributed by atoms with E-state index in [1.54, 1.807) is 30.3 Å². The van der Waals surface area contributed by atoms with Crippen molar-refractivity contribution >= 4 is 11.6 Å². The Bertz CT molecular complexity index is 764. The molecule has 3 rings (SSSR count). The lowest BCUT2D eigenvalue weighted by molar-refractivity contribution is 0.101. The Morgan fingerprint density at radius 3 is 2.32 bits per heavy atom. The van der Waals surface area contributed by atoms with Gasteiger partial charge in [-0.3, -0.25) is 4.79 Å². The Morgan fingerprint density at radius 1 is 1.00 bits per heavy atom. The quantitative estimate of drug-likeness (QED) is 0.898. The summed E-state index contributed by atoms with van der Waals surface area (Å²) in [4.78, 5) is 12.7. The van der Waals surface area contributed by atoms with Gasteiger partial charge < -0.3 is 29.0 Å². The van der Waals surface area contributed by atoms with Gasteiger partial charge in [0.1, 0.15) is 13.2 Å². The molecule has 0 saturated heterocycles. The molecule has 1 heterocycles. The number of methoxy groups -OCH3 is 3.